The Morgan fingerprint density at radius 2 is 1.00 bits per heavy atom. The molecule has 0 spiro atoms. The molecule has 0 unspecified atom stereocenters. The molecular formula is C4H13NaO3. The van der Waals surface area contributed by atoms with Crippen molar-refractivity contribution < 1.29 is 15.6 Å². The zero-order valence-corrected chi connectivity index (χ0v) is 4.84. The average Bonchev–Trinajstić information content (AvgIpc) is 1.36. The van der Waals surface area contributed by atoms with Gasteiger partial charge in [-0.3, -0.25) is 10.5 Å². The number of rotatable bonds is 0. The summed E-state index contributed by atoms with van der Waals surface area (Å²) in [6.45, 7) is 5.23. The van der Waals surface area contributed by atoms with Crippen LogP contribution in [0.1, 0.15) is 20.8 Å². The van der Waals surface area contributed by atoms with Gasteiger partial charge < -0.3 is 5.11 Å². The predicted octanol–water partition coefficient (Wildman–Crippen LogP) is 0.146. The second-order valence-corrected chi connectivity index (χ2v) is 2.17. The van der Waals surface area contributed by atoms with Crippen LogP contribution in [-0.4, -0.2) is 50.8 Å². The van der Waals surface area contributed by atoms with E-state index in [2.05, 4.69) is 0 Å². The minimum atomic E-state index is -0.500. The second-order valence-electron chi connectivity index (χ2n) is 2.17. The molecule has 3 nitrogen and oxygen atoms in total. The Morgan fingerprint density at radius 3 is 1.00 bits per heavy atom. The molecule has 3 N–H and O–H groups in total. The molecule has 8 heavy (non-hydrogen) atoms. The molecular weight excluding hydrogens is 119 g/mol. The van der Waals surface area contributed by atoms with E-state index in [-0.39, 0.29) is 29.6 Å². The maximum atomic E-state index is 8.52. The van der Waals surface area contributed by atoms with Crippen LogP contribution >= 0.6 is 0 Å². The summed E-state index contributed by atoms with van der Waals surface area (Å²) in [7, 11) is 0. The van der Waals surface area contributed by atoms with Crippen molar-refractivity contribution in [2.45, 2.75) is 26.4 Å². The van der Waals surface area contributed by atoms with Gasteiger partial charge in [0.05, 0.1) is 5.60 Å². The van der Waals surface area contributed by atoms with Gasteiger partial charge >= 0.3 is 29.6 Å². The van der Waals surface area contributed by atoms with Gasteiger partial charge in [-0.1, -0.05) is 0 Å². The Hall–Kier alpha value is 0.880. The van der Waals surface area contributed by atoms with E-state index in [1.165, 1.54) is 0 Å². The monoisotopic (exact) mass is 132 g/mol. The van der Waals surface area contributed by atoms with Gasteiger partial charge in [-0.25, -0.2) is 0 Å². The van der Waals surface area contributed by atoms with Gasteiger partial charge in [0.2, 0.25) is 0 Å². The van der Waals surface area contributed by atoms with Crippen LogP contribution < -0.4 is 0 Å². The third-order valence-electron chi connectivity index (χ3n) is 0. The van der Waals surface area contributed by atoms with Crippen molar-refractivity contribution in [3.63, 3.8) is 0 Å². The van der Waals surface area contributed by atoms with E-state index in [1.54, 1.807) is 20.8 Å². The van der Waals surface area contributed by atoms with Gasteiger partial charge in [0.15, 0.2) is 0 Å². The Balaban J connectivity index is -0.0000000750. The summed E-state index contributed by atoms with van der Waals surface area (Å²) in [6, 6.07) is 0. The topological polar surface area (TPSA) is 60.7 Å². The first-order valence-corrected chi connectivity index (χ1v) is 1.92. The molecule has 0 aliphatic rings. The summed E-state index contributed by atoms with van der Waals surface area (Å²) in [4.78, 5) is 0. The van der Waals surface area contributed by atoms with E-state index >= 15 is 0 Å². The molecule has 0 aliphatic carbocycles. The van der Waals surface area contributed by atoms with Crippen LogP contribution in [0, 0.1) is 0 Å². The molecule has 0 heterocycles. The molecule has 0 aromatic rings. The first-order valence-electron chi connectivity index (χ1n) is 1.92. The summed E-state index contributed by atoms with van der Waals surface area (Å²) in [5.41, 5.74) is -0.500. The van der Waals surface area contributed by atoms with Crippen LogP contribution in [0.3, 0.4) is 0 Å². The van der Waals surface area contributed by atoms with Crippen LogP contribution in [-0.2, 0) is 0 Å². The molecule has 4 heteroatoms. The van der Waals surface area contributed by atoms with E-state index in [0.29, 0.717) is 0 Å². The van der Waals surface area contributed by atoms with Crippen molar-refractivity contribution >= 4 is 29.6 Å². The van der Waals surface area contributed by atoms with Crippen molar-refractivity contribution in [1.82, 2.24) is 0 Å². The Bertz CT molecular complexity index is 26.8. The van der Waals surface area contributed by atoms with Crippen LogP contribution in [0.2, 0.25) is 0 Å². The van der Waals surface area contributed by atoms with Crippen LogP contribution in [0.4, 0.5) is 0 Å². The summed E-state index contributed by atoms with van der Waals surface area (Å²) in [5, 5.41) is 20.5. The zero-order chi connectivity index (χ0) is 6.50. The number of hydrogen-bond donors (Lipinski definition) is 3. The molecule has 0 saturated heterocycles. The molecule has 0 amide bonds. The first kappa shape index (κ1) is 15.9. The first-order chi connectivity index (χ1) is 3.00. The van der Waals surface area contributed by atoms with Crippen molar-refractivity contribution in [2.75, 3.05) is 0 Å². The molecule has 0 aromatic heterocycles. The minimum absolute atomic E-state index is 0. The Morgan fingerprint density at radius 1 is 1.00 bits per heavy atom. The fourth-order valence-electron chi connectivity index (χ4n) is 0. The van der Waals surface area contributed by atoms with E-state index in [9.17, 15) is 0 Å². The van der Waals surface area contributed by atoms with E-state index in [1.807, 2.05) is 0 Å². The molecule has 0 atom stereocenters. The molecule has 48 valence electrons. The zero-order valence-electron chi connectivity index (χ0n) is 4.84. The second kappa shape index (κ2) is 7.88. The number of aliphatic hydroxyl groups is 1. The fourth-order valence-corrected chi connectivity index (χ4v) is 0. The average molecular weight is 132 g/mol. The predicted molar refractivity (Wildman–Crippen MR) is 34.4 cm³/mol. The van der Waals surface area contributed by atoms with Gasteiger partial charge in [-0.2, -0.15) is 0 Å². The molecule has 0 radical (unpaired) electrons. The van der Waals surface area contributed by atoms with Gasteiger partial charge in [-0.05, 0) is 20.8 Å². The summed E-state index contributed by atoms with van der Waals surface area (Å²) < 4.78 is 0. The molecule has 0 rings (SSSR count). The van der Waals surface area contributed by atoms with Gasteiger partial charge in [0, 0.05) is 0 Å². The van der Waals surface area contributed by atoms with Crippen molar-refractivity contribution in [3.8, 4) is 0 Å². The van der Waals surface area contributed by atoms with Crippen LogP contribution in [0.15, 0.2) is 0 Å². The van der Waals surface area contributed by atoms with Gasteiger partial charge in [-0.15, -0.1) is 0 Å². The van der Waals surface area contributed by atoms with E-state index in [4.69, 9.17) is 15.6 Å². The SMILES string of the molecule is CC(C)(C)O.OO.[NaH]. The summed E-state index contributed by atoms with van der Waals surface area (Å²) >= 11 is 0. The van der Waals surface area contributed by atoms with Crippen molar-refractivity contribution in [2.24, 2.45) is 0 Å². The normalized spacial score (nSPS) is 8.25. The van der Waals surface area contributed by atoms with E-state index in [0.717, 1.165) is 0 Å². The van der Waals surface area contributed by atoms with Crippen LogP contribution in [0.5, 0.6) is 0 Å². The standard InChI is InChI=1S/C4H10O.Na.H2O2.H/c1-4(2,3)5;;1-2;/h5H,1-3H3;;1-2H;. The Labute approximate surface area is 71.6 Å². The van der Waals surface area contributed by atoms with Crippen molar-refractivity contribution in [3.05, 3.63) is 0 Å². The summed E-state index contributed by atoms with van der Waals surface area (Å²) in [6.07, 6.45) is 0. The third-order valence-corrected chi connectivity index (χ3v) is 0. The molecule has 0 bridgehead atoms. The van der Waals surface area contributed by atoms with Crippen molar-refractivity contribution in [1.29, 1.82) is 0 Å². The molecule has 0 fully saturated rings. The maximum absolute atomic E-state index is 8.52. The Kier molecular flexibility index (Phi) is 15.7. The van der Waals surface area contributed by atoms with Gasteiger partial charge in [0.1, 0.15) is 0 Å². The molecule has 0 saturated carbocycles. The quantitative estimate of drug-likeness (QED) is 0.250. The summed E-state index contributed by atoms with van der Waals surface area (Å²) in [5.74, 6) is 0. The van der Waals surface area contributed by atoms with E-state index < -0.39 is 5.60 Å². The van der Waals surface area contributed by atoms with Crippen LogP contribution in [0.25, 0.3) is 0 Å². The molecule has 0 aliphatic heterocycles. The third kappa shape index (κ3) is 307. The molecule has 0 aromatic carbocycles. The fraction of sp³-hybridized carbons (Fsp3) is 1.00. The number of hydrogen-bond acceptors (Lipinski definition) is 3. The van der Waals surface area contributed by atoms with Gasteiger partial charge in [0.25, 0.3) is 0 Å².